The van der Waals surface area contributed by atoms with Crippen LogP contribution in [0.2, 0.25) is 0 Å². The molecule has 1 N–H and O–H groups in total. The first-order chi connectivity index (χ1) is 12.9. The predicted octanol–water partition coefficient (Wildman–Crippen LogP) is 2.22. The lowest BCUT2D eigenvalue weighted by atomic mass is 10.1. The summed E-state index contributed by atoms with van der Waals surface area (Å²) in [5.74, 6) is -0.0679. The predicted molar refractivity (Wildman–Crippen MR) is 103 cm³/mol. The molecule has 0 radical (unpaired) electrons. The molecule has 0 aliphatic carbocycles. The van der Waals surface area contributed by atoms with Crippen molar-refractivity contribution in [2.75, 3.05) is 28.3 Å². The van der Waals surface area contributed by atoms with Crippen LogP contribution in [0.4, 0.5) is 11.4 Å². The van der Waals surface area contributed by atoms with Gasteiger partial charge in [0.15, 0.2) is 9.84 Å². The molecule has 0 saturated carbocycles. The quantitative estimate of drug-likeness (QED) is 0.848. The number of para-hydroxylation sites is 1. The van der Waals surface area contributed by atoms with Crippen LogP contribution in [-0.2, 0) is 9.84 Å². The first-order valence-electron chi connectivity index (χ1n) is 8.66. The third-order valence-electron chi connectivity index (χ3n) is 4.60. The number of carbonyl (C=O) groups excluding carboxylic acids is 1. The number of hydrogen-bond acceptors (Lipinski definition) is 6. The van der Waals surface area contributed by atoms with Crippen molar-refractivity contribution in [3.05, 3.63) is 53.9 Å². The number of nitriles is 1. The summed E-state index contributed by atoms with van der Waals surface area (Å²) in [6, 6.07) is 10.4. The Morgan fingerprint density at radius 3 is 2.81 bits per heavy atom. The van der Waals surface area contributed by atoms with Gasteiger partial charge in [0.1, 0.15) is 6.07 Å². The second-order valence-electron chi connectivity index (χ2n) is 6.39. The van der Waals surface area contributed by atoms with Gasteiger partial charge in [-0.1, -0.05) is 12.1 Å². The summed E-state index contributed by atoms with van der Waals surface area (Å²) >= 11 is 0. The van der Waals surface area contributed by atoms with Crippen molar-refractivity contribution in [1.29, 1.82) is 5.26 Å². The maximum absolute atomic E-state index is 12.6. The van der Waals surface area contributed by atoms with Crippen LogP contribution in [0.15, 0.2) is 42.7 Å². The fourth-order valence-electron chi connectivity index (χ4n) is 3.27. The summed E-state index contributed by atoms with van der Waals surface area (Å²) in [5.41, 5.74) is 1.87. The van der Waals surface area contributed by atoms with E-state index in [-0.39, 0.29) is 23.5 Å². The highest BCUT2D eigenvalue weighted by atomic mass is 32.2. The van der Waals surface area contributed by atoms with E-state index in [1.165, 1.54) is 6.20 Å². The zero-order chi connectivity index (χ0) is 19.4. The molecule has 0 bridgehead atoms. The van der Waals surface area contributed by atoms with E-state index in [1.54, 1.807) is 36.5 Å². The second kappa shape index (κ2) is 7.76. The van der Waals surface area contributed by atoms with Gasteiger partial charge in [0, 0.05) is 18.8 Å². The van der Waals surface area contributed by atoms with Gasteiger partial charge in [-0.05, 0) is 31.5 Å². The number of nitrogens with one attached hydrogen (secondary N) is 1. The zero-order valence-electron chi connectivity index (χ0n) is 14.9. The topological polar surface area (TPSA) is 103 Å². The van der Waals surface area contributed by atoms with Crippen molar-refractivity contribution in [1.82, 2.24) is 4.98 Å². The first-order valence-corrected chi connectivity index (χ1v) is 10.5. The van der Waals surface area contributed by atoms with Crippen LogP contribution in [0.3, 0.4) is 0 Å². The SMILES string of the molecule is CCN(c1cncc(C(=O)Nc2ccccc2C#N)c1)C1CCS(=O)(=O)C1. The standard InChI is InChI=1S/C19H20N4O3S/c1-2-23(16-7-8-27(25,26)13-16)17-9-15(11-21-12-17)19(24)22-18-6-4-3-5-14(18)10-20/h3-6,9,11-12,16H,2,7-8,13H2,1H3,(H,22,24). The molecule has 1 atom stereocenters. The van der Waals surface area contributed by atoms with E-state index in [9.17, 15) is 13.2 Å². The van der Waals surface area contributed by atoms with Crippen molar-refractivity contribution >= 4 is 27.1 Å². The van der Waals surface area contributed by atoms with Gasteiger partial charge in [-0.15, -0.1) is 0 Å². The summed E-state index contributed by atoms with van der Waals surface area (Å²) in [6.07, 6.45) is 3.66. The minimum Gasteiger partial charge on any atom is -0.367 e. The van der Waals surface area contributed by atoms with Crippen LogP contribution >= 0.6 is 0 Å². The Bertz CT molecular complexity index is 998. The van der Waals surface area contributed by atoms with E-state index in [1.807, 2.05) is 17.9 Å². The molecule has 2 aromatic rings. The molecule has 140 valence electrons. The van der Waals surface area contributed by atoms with Gasteiger partial charge in [0.2, 0.25) is 0 Å². The largest absolute Gasteiger partial charge is 0.367 e. The van der Waals surface area contributed by atoms with E-state index in [2.05, 4.69) is 10.3 Å². The molecular formula is C19H20N4O3S. The summed E-state index contributed by atoms with van der Waals surface area (Å²) < 4.78 is 23.6. The Morgan fingerprint density at radius 2 is 2.15 bits per heavy atom. The van der Waals surface area contributed by atoms with Crippen LogP contribution in [0.5, 0.6) is 0 Å². The number of rotatable bonds is 5. The van der Waals surface area contributed by atoms with Crippen LogP contribution in [0.1, 0.15) is 29.3 Å². The molecular weight excluding hydrogens is 364 g/mol. The molecule has 7 nitrogen and oxygen atoms in total. The number of aromatic nitrogens is 1. The number of benzene rings is 1. The van der Waals surface area contributed by atoms with Crippen LogP contribution in [-0.4, -0.2) is 43.4 Å². The number of hydrogen-bond donors (Lipinski definition) is 1. The van der Waals surface area contributed by atoms with Crippen molar-refractivity contribution < 1.29 is 13.2 Å². The molecule has 27 heavy (non-hydrogen) atoms. The smallest absolute Gasteiger partial charge is 0.257 e. The number of anilines is 2. The van der Waals surface area contributed by atoms with Crippen molar-refractivity contribution in [3.8, 4) is 6.07 Å². The highest BCUT2D eigenvalue weighted by molar-refractivity contribution is 7.91. The Morgan fingerprint density at radius 1 is 1.37 bits per heavy atom. The maximum atomic E-state index is 12.6. The fourth-order valence-corrected chi connectivity index (χ4v) is 5.00. The molecule has 0 spiro atoms. The van der Waals surface area contributed by atoms with E-state index >= 15 is 0 Å². The van der Waals surface area contributed by atoms with E-state index in [0.717, 1.165) is 0 Å². The highest BCUT2D eigenvalue weighted by Crippen LogP contribution is 2.25. The fraction of sp³-hybridized carbons (Fsp3) is 0.316. The molecule has 3 rings (SSSR count). The molecule has 1 unspecified atom stereocenters. The summed E-state index contributed by atoms with van der Waals surface area (Å²) in [5, 5.41) is 11.9. The number of pyridine rings is 1. The summed E-state index contributed by atoms with van der Waals surface area (Å²) in [4.78, 5) is 18.7. The van der Waals surface area contributed by atoms with Gasteiger partial charge >= 0.3 is 0 Å². The van der Waals surface area contributed by atoms with Crippen LogP contribution in [0.25, 0.3) is 0 Å². The Balaban J connectivity index is 1.82. The average Bonchev–Trinajstić information content (AvgIpc) is 3.02. The third kappa shape index (κ3) is 4.26. The van der Waals surface area contributed by atoms with Gasteiger partial charge in [-0.3, -0.25) is 9.78 Å². The van der Waals surface area contributed by atoms with Crippen molar-refractivity contribution in [3.63, 3.8) is 0 Å². The molecule has 1 aromatic carbocycles. The monoisotopic (exact) mass is 384 g/mol. The lowest BCUT2D eigenvalue weighted by Crippen LogP contribution is -2.36. The number of carbonyl (C=O) groups is 1. The second-order valence-corrected chi connectivity index (χ2v) is 8.61. The molecule has 1 aromatic heterocycles. The molecule has 1 amide bonds. The Kier molecular flexibility index (Phi) is 5.42. The number of sulfone groups is 1. The van der Waals surface area contributed by atoms with Crippen LogP contribution < -0.4 is 10.2 Å². The van der Waals surface area contributed by atoms with Gasteiger partial charge in [-0.2, -0.15) is 5.26 Å². The minimum atomic E-state index is -3.01. The van der Waals surface area contributed by atoms with E-state index < -0.39 is 9.84 Å². The molecule has 1 aliphatic rings. The highest BCUT2D eigenvalue weighted by Gasteiger charge is 2.32. The lowest BCUT2D eigenvalue weighted by molar-refractivity contribution is 0.102. The average molecular weight is 384 g/mol. The Labute approximate surface area is 158 Å². The normalized spacial score (nSPS) is 17.9. The summed E-state index contributed by atoms with van der Waals surface area (Å²) in [6.45, 7) is 2.56. The number of nitrogens with zero attached hydrogens (tertiary/aromatic N) is 3. The molecule has 8 heteroatoms. The van der Waals surface area contributed by atoms with E-state index in [4.69, 9.17) is 5.26 Å². The minimum absolute atomic E-state index is 0.112. The summed E-state index contributed by atoms with van der Waals surface area (Å²) in [7, 11) is -3.01. The first kappa shape index (κ1) is 18.9. The molecule has 1 aliphatic heterocycles. The molecule has 1 fully saturated rings. The van der Waals surface area contributed by atoms with Gasteiger partial charge < -0.3 is 10.2 Å². The van der Waals surface area contributed by atoms with Crippen molar-refractivity contribution in [2.24, 2.45) is 0 Å². The maximum Gasteiger partial charge on any atom is 0.257 e. The van der Waals surface area contributed by atoms with Gasteiger partial charge in [0.05, 0.1) is 40.2 Å². The molecule has 2 heterocycles. The van der Waals surface area contributed by atoms with Crippen LogP contribution in [0, 0.1) is 11.3 Å². The van der Waals surface area contributed by atoms with E-state index in [0.29, 0.717) is 35.5 Å². The third-order valence-corrected chi connectivity index (χ3v) is 6.35. The molecule has 1 saturated heterocycles. The zero-order valence-corrected chi connectivity index (χ0v) is 15.7. The van der Waals surface area contributed by atoms with Gasteiger partial charge in [-0.25, -0.2) is 8.42 Å². The Hall–Kier alpha value is -2.92. The number of amides is 1. The van der Waals surface area contributed by atoms with Crippen molar-refractivity contribution in [2.45, 2.75) is 19.4 Å². The lowest BCUT2D eigenvalue weighted by Gasteiger charge is -2.29. The van der Waals surface area contributed by atoms with Gasteiger partial charge in [0.25, 0.3) is 5.91 Å².